The fourth-order valence-corrected chi connectivity index (χ4v) is 1.89. The van der Waals surface area contributed by atoms with Crippen LogP contribution in [0.3, 0.4) is 0 Å². The third-order valence-corrected chi connectivity index (χ3v) is 2.91. The van der Waals surface area contributed by atoms with Crippen molar-refractivity contribution in [3.63, 3.8) is 0 Å². The third-order valence-electron chi connectivity index (χ3n) is 2.91. The number of rotatable bonds is 3. The SMILES string of the molecule is Cc1cc(C(N)Cc2ccnc(N)c2)ccc1F. The molecule has 0 aliphatic carbocycles. The molecule has 0 fully saturated rings. The first-order valence-corrected chi connectivity index (χ1v) is 5.78. The number of halogens is 1. The minimum absolute atomic E-state index is 0.175. The minimum Gasteiger partial charge on any atom is -0.384 e. The first kappa shape index (κ1) is 12.5. The zero-order valence-corrected chi connectivity index (χ0v) is 10.2. The molecule has 18 heavy (non-hydrogen) atoms. The summed E-state index contributed by atoms with van der Waals surface area (Å²) in [6.07, 6.45) is 2.31. The maximum Gasteiger partial charge on any atom is 0.126 e. The van der Waals surface area contributed by atoms with Crippen LogP contribution in [-0.4, -0.2) is 4.98 Å². The van der Waals surface area contributed by atoms with Gasteiger partial charge >= 0.3 is 0 Å². The lowest BCUT2D eigenvalue weighted by molar-refractivity contribution is 0.615. The van der Waals surface area contributed by atoms with Crippen LogP contribution in [0.5, 0.6) is 0 Å². The van der Waals surface area contributed by atoms with E-state index in [1.165, 1.54) is 6.07 Å². The van der Waals surface area contributed by atoms with Gasteiger partial charge in [-0.3, -0.25) is 0 Å². The first-order valence-electron chi connectivity index (χ1n) is 5.78. The normalized spacial score (nSPS) is 12.4. The Bertz CT molecular complexity index is 554. The van der Waals surface area contributed by atoms with Crippen LogP contribution in [0, 0.1) is 12.7 Å². The van der Waals surface area contributed by atoms with Crippen molar-refractivity contribution < 1.29 is 4.39 Å². The molecule has 94 valence electrons. The van der Waals surface area contributed by atoms with E-state index < -0.39 is 0 Å². The molecule has 2 rings (SSSR count). The molecule has 0 radical (unpaired) electrons. The van der Waals surface area contributed by atoms with Crippen LogP contribution in [0.15, 0.2) is 36.5 Å². The lowest BCUT2D eigenvalue weighted by Gasteiger charge is -2.13. The average molecular weight is 245 g/mol. The molecule has 0 aliphatic rings. The van der Waals surface area contributed by atoms with Gasteiger partial charge < -0.3 is 11.5 Å². The van der Waals surface area contributed by atoms with E-state index in [-0.39, 0.29) is 11.9 Å². The molecule has 0 amide bonds. The second-order valence-corrected chi connectivity index (χ2v) is 4.41. The Morgan fingerprint density at radius 1 is 1.28 bits per heavy atom. The Balaban J connectivity index is 2.16. The zero-order chi connectivity index (χ0) is 13.1. The highest BCUT2D eigenvalue weighted by Gasteiger charge is 2.09. The number of benzene rings is 1. The van der Waals surface area contributed by atoms with E-state index in [1.54, 1.807) is 31.3 Å². The number of hydrogen-bond donors (Lipinski definition) is 2. The summed E-state index contributed by atoms with van der Waals surface area (Å²) in [7, 11) is 0. The molecule has 3 nitrogen and oxygen atoms in total. The van der Waals surface area contributed by atoms with Crippen molar-refractivity contribution in [2.75, 3.05) is 5.73 Å². The fourth-order valence-electron chi connectivity index (χ4n) is 1.89. The predicted molar refractivity (Wildman–Crippen MR) is 70.4 cm³/mol. The topological polar surface area (TPSA) is 64.9 Å². The first-order chi connectivity index (χ1) is 8.56. The summed E-state index contributed by atoms with van der Waals surface area (Å²) < 4.78 is 13.2. The van der Waals surface area contributed by atoms with Crippen LogP contribution in [0.25, 0.3) is 0 Å². The molecule has 0 saturated heterocycles. The quantitative estimate of drug-likeness (QED) is 0.872. The number of hydrogen-bond acceptors (Lipinski definition) is 3. The van der Waals surface area contributed by atoms with Gasteiger partial charge in [-0.2, -0.15) is 0 Å². The van der Waals surface area contributed by atoms with Crippen LogP contribution >= 0.6 is 0 Å². The predicted octanol–water partition coefficient (Wildman–Crippen LogP) is 2.35. The fraction of sp³-hybridized carbons (Fsp3) is 0.214. The van der Waals surface area contributed by atoms with Gasteiger partial charge in [-0.25, -0.2) is 9.37 Å². The number of aromatic nitrogens is 1. The van der Waals surface area contributed by atoms with Crippen LogP contribution < -0.4 is 11.5 Å². The van der Waals surface area contributed by atoms with Crippen molar-refractivity contribution >= 4 is 5.82 Å². The number of nitrogen functional groups attached to an aromatic ring is 1. The van der Waals surface area contributed by atoms with E-state index in [4.69, 9.17) is 11.5 Å². The number of nitrogens with zero attached hydrogens (tertiary/aromatic N) is 1. The molecular weight excluding hydrogens is 229 g/mol. The smallest absolute Gasteiger partial charge is 0.126 e. The van der Waals surface area contributed by atoms with E-state index in [1.807, 2.05) is 6.07 Å². The molecule has 0 aliphatic heterocycles. The highest BCUT2D eigenvalue weighted by Crippen LogP contribution is 2.19. The van der Waals surface area contributed by atoms with Crippen molar-refractivity contribution in [1.29, 1.82) is 0 Å². The molecule has 2 aromatic rings. The zero-order valence-electron chi connectivity index (χ0n) is 10.2. The monoisotopic (exact) mass is 245 g/mol. The van der Waals surface area contributed by atoms with E-state index in [2.05, 4.69) is 4.98 Å². The van der Waals surface area contributed by atoms with Gasteiger partial charge in [0.05, 0.1) is 0 Å². The molecule has 1 unspecified atom stereocenters. The second kappa shape index (κ2) is 5.14. The van der Waals surface area contributed by atoms with Gasteiger partial charge in [0.1, 0.15) is 11.6 Å². The summed E-state index contributed by atoms with van der Waals surface area (Å²) in [6.45, 7) is 1.73. The molecule has 4 N–H and O–H groups in total. The van der Waals surface area contributed by atoms with Crippen molar-refractivity contribution in [2.45, 2.75) is 19.4 Å². The summed E-state index contributed by atoms with van der Waals surface area (Å²) in [4.78, 5) is 3.93. The van der Waals surface area contributed by atoms with Gasteiger partial charge in [0, 0.05) is 12.2 Å². The van der Waals surface area contributed by atoms with Crippen molar-refractivity contribution in [3.05, 3.63) is 59.0 Å². The highest BCUT2D eigenvalue weighted by molar-refractivity contribution is 5.34. The molecule has 1 aromatic carbocycles. The van der Waals surface area contributed by atoms with Crippen LogP contribution in [0.4, 0.5) is 10.2 Å². The molecule has 0 bridgehead atoms. The second-order valence-electron chi connectivity index (χ2n) is 4.41. The lowest BCUT2D eigenvalue weighted by Crippen LogP contribution is -2.14. The summed E-state index contributed by atoms with van der Waals surface area (Å²) in [6, 6.07) is 8.46. The summed E-state index contributed by atoms with van der Waals surface area (Å²) in [5.41, 5.74) is 14.3. The van der Waals surface area contributed by atoms with Gasteiger partial charge in [-0.15, -0.1) is 0 Å². The third kappa shape index (κ3) is 2.84. The number of aryl methyl sites for hydroxylation is 1. The van der Waals surface area contributed by atoms with Gasteiger partial charge in [-0.1, -0.05) is 12.1 Å². The average Bonchev–Trinajstić information content (AvgIpc) is 2.32. The molecule has 4 heteroatoms. The lowest BCUT2D eigenvalue weighted by atomic mass is 9.99. The van der Waals surface area contributed by atoms with E-state index in [9.17, 15) is 4.39 Å². The Kier molecular flexibility index (Phi) is 3.58. The van der Waals surface area contributed by atoms with E-state index in [0.717, 1.165) is 11.1 Å². The van der Waals surface area contributed by atoms with Crippen LogP contribution in [0.1, 0.15) is 22.7 Å². The summed E-state index contributed by atoms with van der Waals surface area (Å²) >= 11 is 0. The summed E-state index contributed by atoms with van der Waals surface area (Å²) in [5.74, 6) is 0.272. The molecule has 1 aromatic heterocycles. The molecule has 1 heterocycles. The van der Waals surface area contributed by atoms with Crippen LogP contribution in [0.2, 0.25) is 0 Å². The molecule has 1 atom stereocenters. The molecule has 0 saturated carbocycles. The number of nitrogens with two attached hydrogens (primary N) is 2. The van der Waals surface area contributed by atoms with Gasteiger partial charge in [0.2, 0.25) is 0 Å². The van der Waals surface area contributed by atoms with Crippen molar-refractivity contribution in [2.24, 2.45) is 5.73 Å². The van der Waals surface area contributed by atoms with Crippen molar-refractivity contribution in [1.82, 2.24) is 4.98 Å². The molecular formula is C14H16FN3. The standard InChI is InChI=1S/C14H16FN3/c1-9-6-11(2-3-12(9)15)13(16)7-10-4-5-18-14(17)8-10/h2-6,8,13H,7,16H2,1H3,(H2,17,18). The maximum atomic E-state index is 13.2. The van der Waals surface area contributed by atoms with Crippen LogP contribution in [-0.2, 0) is 6.42 Å². The Labute approximate surface area is 106 Å². The maximum absolute atomic E-state index is 13.2. The van der Waals surface area contributed by atoms with E-state index >= 15 is 0 Å². The van der Waals surface area contributed by atoms with Gasteiger partial charge in [0.25, 0.3) is 0 Å². The number of pyridine rings is 1. The van der Waals surface area contributed by atoms with Gasteiger partial charge in [-0.05, 0) is 48.2 Å². The Morgan fingerprint density at radius 3 is 2.72 bits per heavy atom. The minimum atomic E-state index is -0.209. The number of anilines is 1. The van der Waals surface area contributed by atoms with Crippen molar-refractivity contribution in [3.8, 4) is 0 Å². The Morgan fingerprint density at radius 2 is 2.06 bits per heavy atom. The largest absolute Gasteiger partial charge is 0.384 e. The van der Waals surface area contributed by atoms with E-state index in [0.29, 0.717) is 17.8 Å². The molecule has 0 spiro atoms. The van der Waals surface area contributed by atoms with Gasteiger partial charge in [0.15, 0.2) is 0 Å². The highest BCUT2D eigenvalue weighted by atomic mass is 19.1. The Hall–Kier alpha value is -1.94. The summed E-state index contributed by atoms with van der Waals surface area (Å²) in [5, 5.41) is 0.